The van der Waals surface area contributed by atoms with Crippen molar-refractivity contribution in [3.05, 3.63) is 59.4 Å². The minimum absolute atomic E-state index is 0.0340. The highest BCUT2D eigenvalue weighted by atomic mass is 16.5. The quantitative estimate of drug-likeness (QED) is 0.657. The van der Waals surface area contributed by atoms with Crippen LogP contribution in [0.5, 0.6) is 5.75 Å². The fourth-order valence-electron chi connectivity index (χ4n) is 2.60. The fraction of sp³-hybridized carbons (Fsp3) is 0.400. The van der Waals surface area contributed by atoms with Crippen molar-refractivity contribution in [2.75, 3.05) is 33.9 Å². The Kier molecular flexibility index (Phi) is 7.41. The second-order valence-corrected chi connectivity index (χ2v) is 5.90. The lowest BCUT2D eigenvalue weighted by Crippen LogP contribution is -2.35. The van der Waals surface area contributed by atoms with E-state index in [2.05, 4.69) is 4.98 Å². The maximum Gasteiger partial charge on any atom is 0.272 e. The first kappa shape index (κ1) is 18.9. The van der Waals surface area contributed by atoms with Crippen LogP contribution in [0.2, 0.25) is 0 Å². The summed E-state index contributed by atoms with van der Waals surface area (Å²) < 4.78 is 10.3. The Morgan fingerprint density at radius 2 is 1.84 bits per heavy atom. The predicted molar refractivity (Wildman–Crippen MR) is 98.1 cm³/mol. The number of methoxy groups -OCH3 is 2. The highest BCUT2D eigenvalue weighted by Crippen LogP contribution is 2.13. The minimum Gasteiger partial charge on any atom is -0.497 e. The van der Waals surface area contributed by atoms with E-state index in [-0.39, 0.29) is 5.91 Å². The van der Waals surface area contributed by atoms with Gasteiger partial charge in [-0.2, -0.15) is 0 Å². The molecule has 1 amide bonds. The molecule has 0 saturated heterocycles. The zero-order chi connectivity index (χ0) is 18.1. The molecule has 0 bridgehead atoms. The molecule has 134 valence electrons. The Bertz CT molecular complexity index is 671. The molecule has 1 aromatic heterocycles. The Balaban J connectivity index is 2.04. The molecule has 0 aliphatic carbocycles. The van der Waals surface area contributed by atoms with Gasteiger partial charge >= 0.3 is 0 Å². The first-order valence-corrected chi connectivity index (χ1v) is 8.49. The maximum absolute atomic E-state index is 12.8. The van der Waals surface area contributed by atoms with Crippen molar-refractivity contribution < 1.29 is 14.3 Å². The summed E-state index contributed by atoms with van der Waals surface area (Å²) >= 11 is 0. The van der Waals surface area contributed by atoms with Crippen LogP contribution in [0.15, 0.2) is 42.5 Å². The SMILES string of the molecule is COCCCN(CCc1ccc(OC)cc1)C(=O)c1cccc(C)n1. The number of hydrogen-bond donors (Lipinski definition) is 0. The Hall–Kier alpha value is -2.40. The number of rotatable bonds is 9. The van der Waals surface area contributed by atoms with E-state index in [1.807, 2.05) is 48.2 Å². The summed E-state index contributed by atoms with van der Waals surface area (Å²) in [6, 6.07) is 13.5. The van der Waals surface area contributed by atoms with Gasteiger partial charge in [-0.05, 0) is 49.6 Å². The van der Waals surface area contributed by atoms with Gasteiger partial charge in [0, 0.05) is 32.5 Å². The first-order valence-electron chi connectivity index (χ1n) is 8.49. The van der Waals surface area contributed by atoms with Crippen LogP contribution < -0.4 is 4.74 Å². The number of carbonyl (C=O) groups is 1. The average Bonchev–Trinajstić information content (AvgIpc) is 2.64. The van der Waals surface area contributed by atoms with E-state index in [0.29, 0.717) is 25.4 Å². The van der Waals surface area contributed by atoms with Crippen LogP contribution >= 0.6 is 0 Å². The normalized spacial score (nSPS) is 10.5. The molecule has 0 aliphatic heterocycles. The summed E-state index contributed by atoms with van der Waals surface area (Å²) in [6.45, 7) is 3.82. The number of amides is 1. The van der Waals surface area contributed by atoms with E-state index >= 15 is 0 Å². The van der Waals surface area contributed by atoms with Crippen molar-refractivity contribution in [1.29, 1.82) is 0 Å². The van der Waals surface area contributed by atoms with Crippen LogP contribution in [-0.2, 0) is 11.2 Å². The van der Waals surface area contributed by atoms with Gasteiger partial charge in [0.1, 0.15) is 11.4 Å². The van der Waals surface area contributed by atoms with Crippen LogP contribution in [0.4, 0.5) is 0 Å². The molecule has 2 rings (SSSR count). The Labute approximate surface area is 149 Å². The van der Waals surface area contributed by atoms with Gasteiger partial charge in [0.15, 0.2) is 0 Å². The van der Waals surface area contributed by atoms with E-state index in [0.717, 1.165) is 24.3 Å². The zero-order valence-electron chi connectivity index (χ0n) is 15.2. The number of aryl methyl sites for hydroxylation is 1. The van der Waals surface area contributed by atoms with Crippen molar-refractivity contribution in [3.63, 3.8) is 0 Å². The molecule has 1 heterocycles. The highest BCUT2D eigenvalue weighted by molar-refractivity contribution is 5.92. The third-order valence-electron chi connectivity index (χ3n) is 4.00. The van der Waals surface area contributed by atoms with Crippen LogP contribution in [0.25, 0.3) is 0 Å². The van der Waals surface area contributed by atoms with Crippen LogP contribution in [0.3, 0.4) is 0 Å². The maximum atomic E-state index is 12.8. The lowest BCUT2D eigenvalue weighted by Gasteiger charge is -2.22. The summed E-state index contributed by atoms with van der Waals surface area (Å²) in [5.74, 6) is 0.800. The molecule has 0 unspecified atom stereocenters. The smallest absolute Gasteiger partial charge is 0.272 e. The third kappa shape index (κ3) is 5.87. The molecule has 5 heteroatoms. The Morgan fingerprint density at radius 3 is 2.48 bits per heavy atom. The van der Waals surface area contributed by atoms with E-state index in [1.54, 1.807) is 20.3 Å². The van der Waals surface area contributed by atoms with Gasteiger partial charge in [-0.15, -0.1) is 0 Å². The van der Waals surface area contributed by atoms with Crippen molar-refractivity contribution in [2.45, 2.75) is 19.8 Å². The standard InChI is InChI=1S/C20H26N2O3/c1-16-6-4-7-19(21-16)20(23)22(13-5-15-24-2)14-12-17-8-10-18(25-3)11-9-17/h4,6-11H,5,12-15H2,1-3H3. The van der Waals surface area contributed by atoms with Crippen LogP contribution in [0.1, 0.15) is 28.2 Å². The average molecular weight is 342 g/mol. The van der Waals surface area contributed by atoms with Crippen molar-refractivity contribution in [1.82, 2.24) is 9.88 Å². The van der Waals surface area contributed by atoms with Gasteiger partial charge in [0.25, 0.3) is 5.91 Å². The molecule has 0 N–H and O–H groups in total. The molecule has 0 saturated carbocycles. The van der Waals surface area contributed by atoms with Crippen LogP contribution in [-0.4, -0.2) is 49.7 Å². The lowest BCUT2D eigenvalue weighted by atomic mass is 10.1. The van der Waals surface area contributed by atoms with E-state index in [4.69, 9.17) is 9.47 Å². The zero-order valence-corrected chi connectivity index (χ0v) is 15.2. The minimum atomic E-state index is -0.0340. The van der Waals surface area contributed by atoms with Gasteiger partial charge in [-0.25, -0.2) is 4.98 Å². The second kappa shape index (κ2) is 9.79. The number of pyridine rings is 1. The number of aromatic nitrogens is 1. The summed E-state index contributed by atoms with van der Waals surface area (Å²) in [5.41, 5.74) is 2.51. The van der Waals surface area contributed by atoms with Crippen molar-refractivity contribution in [2.24, 2.45) is 0 Å². The molecule has 0 fully saturated rings. The number of nitrogens with zero attached hydrogens (tertiary/aromatic N) is 2. The Morgan fingerprint density at radius 1 is 1.08 bits per heavy atom. The van der Waals surface area contributed by atoms with E-state index < -0.39 is 0 Å². The molecule has 0 radical (unpaired) electrons. The highest BCUT2D eigenvalue weighted by Gasteiger charge is 2.16. The molecular weight excluding hydrogens is 316 g/mol. The lowest BCUT2D eigenvalue weighted by molar-refractivity contribution is 0.0733. The largest absolute Gasteiger partial charge is 0.497 e. The number of carbonyl (C=O) groups excluding carboxylic acids is 1. The number of hydrogen-bond acceptors (Lipinski definition) is 4. The van der Waals surface area contributed by atoms with Gasteiger partial charge < -0.3 is 14.4 Å². The molecule has 0 atom stereocenters. The van der Waals surface area contributed by atoms with Crippen LogP contribution in [0, 0.1) is 6.92 Å². The van der Waals surface area contributed by atoms with Gasteiger partial charge in [0.2, 0.25) is 0 Å². The topological polar surface area (TPSA) is 51.7 Å². The van der Waals surface area contributed by atoms with E-state index in [1.165, 1.54) is 5.56 Å². The summed E-state index contributed by atoms with van der Waals surface area (Å²) in [7, 11) is 3.33. The van der Waals surface area contributed by atoms with Crippen molar-refractivity contribution in [3.8, 4) is 5.75 Å². The monoisotopic (exact) mass is 342 g/mol. The first-order chi connectivity index (χ1) is 12.1. The number of ether oxygens (including phenoxy) is 2. The predicted octanol–water partition coefficient (Wildman–Crippen LogP) is 3.12. The van der Waals surface area contributed by atoms with Gasteiger partial charge in [-0.1, -0.05) is 18.2 Å². The summed E-state index contributed by atoms with van der Waals surface area (Å²) in [6.07, 6.45) is 1.59. The molecule has 0 spiro atoms. The molecule has 2 aromatic rings. The summed E-state index contributed by atoms with van der Waals surface area (Å²) in [4.78, 5) is 19.0. The van der Waals surface area contributed by atoms with Gasteiger partial charge in [0.05, 0.1) is 7.11 Å². The molecule has 0 aliphatic rings. The molecular formula is C20H26N2O3. The number of benzene rings is 1. The van der Waals surface area contributed by atoms with E-state index in [9.17, 15) is 4.79 Å². The van der Waals surface area contributed by atoms with Gasteiger partial charge in [-0.3, -0.25) is 4.79 Å². The molecule has 25 heavy (non-hydrogen) atoms. The molecule has 5 nitrogen and oxygen atoms in total. The van der Waals surface area contributed by atoms with Crippen molar-refractivity contribution >= 4 is 5.91 Å². The third-order valence-corrected chi connectivity index (χ3v) is 4.00. The summed E-state index contributed by atoms with van der Waals surface area (Å²) in [5, 5.41) is 0. The fourth-order valence-corrected chi connectivity index (χ4v) is 2.60. The molecule has 1 aromatic carbocycles. The second-order valence-electron chi connectivity index (χ2n) is 5.90.